The molecule has 0 atom stereocenters. The first-order chi connectivity index (χ1) is 6.70. The van der Waals surface area contributed by atoms with Crippen LogP contribution >= 0.6 is 0 Å². The third-order valence-electron chi connectivity index (χ3n) is 3.44. The summed E-state index contributed by atoms with van der Waals surface area (Å²) in [6.07, 6.45) is 6.31. The van der Waals surface area contributed by atoms with Crippen LogP contribution < -0.4 is 0 Å². The lowest BCUT2D eigenvalue weighted by Crippen LogP contribution is -2.48. The largest absolute Gasteiger partial charge is 0.481 e. The Balaban J connectivity index is 1.42. The van der Waals surface area contributed by atoms with Crippen molar-refractivity contribution < 1.29 is 9.90 Å². The van der Waals surface area contributed by atoms with Gasteiger partial charge in [0, 0.05) is 19.5 Å². The normalized spacial score (nSPS) is 23.4. The first-order valence-electron chi connectivity index (χ1n) is 5.64. The SMILES string of the molecule is O=C(O)CCCCCN1CC2(CC2)C1. The molecular formula is C11H19NO2. The Hall–Kier alpha value is -0.570. The minimum atomic E-state index is -0.661. The van der Waals surface area contributed by atoms with Gasteiger partial charge in [-0.3, -0.25) is 4.79 Å². The maximum Gasteiger partial charge on any atom is 0.303 e. The van der Waals surface area contributed by atoms with Gasteiger partial charge in [0.15, 0.2) is 0 Å². The van der Waals surface area contributed by atoms with Crippen molar-refractivity contribution >= 4 is 5.97 Å². The molecule has 0 radical (unpaired) electrons. The number of carbonyl (C=O) groups is 1. The maximum atomic E-state index is 10.2. The fourth-order valence-corrected chi connectivity index (χ4v) is 2.34. The molecule has 1 aliphatic carbocycles. The molecule has 1 spiro atoms. The Kier molecular flexibility index (Phi) is 2.77. The van der Waals surface area contributed by atoms with Crippen LogP contribution in [0.4, 0.5) is 0 Å². The average molecular weight is 197 g/mol. The lowest BCUT2D eigenvalue weighted by molar-refractivity contribution is -0.137. The van der Waals surface area contributed by atoms with Crippen LogP contribution in [0.5, 0.6) is 0 Å². The fraction of sp³-hybridized carbons (Fsp3) is 0.909. The molecule has 2 aliphatic rings. The Labute approximate surface area is 85.1 Å². The van der Waals surface area contributed by atoms with Gasteiger partial charge in [-0.1, -0.05) is 6.42 Å². The summed E-state index contributed by atoms with van der Waals surface area (Å²) < 4.78 is 0. The highest BCUT2D eigenvalue weighted by Gasteiger charge is 2.51. The van der Waals surface area contributed by atoms with Gasteiger partial charge >= 0.3 is 5.97 Å². The van der Waals surface area contributed by atoms with Gasteiger partial charge in [0.05, 0.1) is 0 Å². The molecule has 0 bridgehead atoms. The van der Waals surface area contributed by atoms with Gasteiger partial charge in [-0.25, -0.2) is 0 Å². The van der Waals surface area contributed by atoms with Gasteiger partial charge in [-0.05, 0) is 37.6 Å². The van der Waals surface area contributed by atoms with Gasteiger partial charge in [-0.15, -0.1) is 0 Å². The van der Waals surface area contributed by atoms with Crippen LogP contribution in [0.25, 0.3) is 0 Å². The molecule has 1 heterocycles. The molecular weight excluding hydrogens is 178 g/mol. The third-order valence-corrected chi connectivity index (χ3v) is 3.44. The summed E-state index contributed by atoms with van der Waals surface area (Å²) in [7, 11) is 0. The lowest BCUT2D eigenvalue weighted by Gasteiger charge is -2.40. The number of aliphatic carboxylic acids is 1. The van der Waals surface area contributed by atoms with Crippen molar-refractivity contribution in [3.05, 3.63) is 0 Å². The number of unbranched alkanes of at least 4 members (excludes halogenated alkanes) is 2. The standard InChI is InChI=1S/C11H19NO2/c13-10(14)4-2-1-3-7-12-8-11(9-12)5-6-11/h1-9H2,(H,13,14). The molecule has 2 rings (SSSR count). The van der Waals surface area contributed by atoms with E-state index in [4.69, 9.17) is 5.11 Å². The van der Waals surface area contributed by atoms with Gasteiger partial charge in [-0.2, -0.15) is 0 Å². The van der Waals surface area contributed by atoms with Gasteiger partial charge in [0.25, 0.3) is 0 Å². The molecule has 0 aromatic heterocycles. The number of likely N-dealkylation sites (tertiary alicyclic amines) is 1. The topological polar surface area (TPSA) is 40.5 Å². The lowest BCUT2D eigenvalue weighted by atomic mass is 9.96. The zero-order valence-electron chi connectivity index (χ0n) is 8.67. The van der Waals surface area contributed by atoms with E-state index in [9.17, 15) is 4.79 Å². The second kappa shape index (κ2) is 3.89. The van der Waals surface area contributed by atoms with Crippen LogP contribution in [0.15, 0.2) is 0 Å². The second-order valence-corrected chi connectivity index (χ2v) is 4.92. The summed E-state index contributed by atoms with van der Waals surface area (Å²) in [6, 6.07) is 0. The highest BCUT2D eigenvalue weighted by Crippen LogP contribution is 2.52. The predicted octanol–water partition coefficient (Wildman–Crippen LogP) is 1.73. The molecule has 0 unspecified atom stereocenters. The number of hydrogen-bond donors (Lipinski definition) is 1. The minimum absolute atomic E-state index is 0.337. The van der Waals surface area contributed by atoms with Crippen LogP contribution in [0, 0.1) is 5.41 Å². The Morgan fingerprint density at radius 1 is 1.21 bits per heavy atom. The number of rotatable bonds is 6. The molecule has 3 nitrogen and oxygen atoms in total. The third kappa shape index (κ3) is 2.47. The monoisotopic (exact) mass is 197 g/mol. The fourth-order valence-electron chi connectivity index (χ4n) is 2.34. The van der Waals surface area contributed by atoms with Crippen molar-refractivity contribution in [1.82, 2.24) is 4.90 Å². The molecule has 0 aromatic rings. The Morgan fingerprint density at radius 3 is 2.50 bits per heavy atom. The number of nitrogens with zero attached hydrogens (tertiary/aromatic N) is 1. The van der Waals surface area contributed by atoms with Crippen molar-refractivity contribution in [2.24, 2.45) is 5.41 Å². The van der Waals surface area contributed by atoms with E-state index in [1.807, 2.05) is 0 Å². The number of hydrogen-bond acceptors (Lipinski definition) is 2. The van der Waals surface area contributed by atoms with Crippen LogP contribution in [0.3, 0.4) is 0 Å². The Bertz CT molecular complexity index is 215. The van der Waals surface area contributed by atoms with E-state index in [0.29, 0.717) is 6.42 Å². The molecule has 1 saturated heterocycles. The second-order valence-electron chi connectivity index (χ2n) is 4.92. The van der Waals surface area contributed by atoms with Crippen LogP contribution in [-0.2, 0) is 4.79 Å². The summed E-state index contributed by atoms with van der Waals surface area (Å²) in [6.45, 7) is 3.80. The van der Waals surface area contributed by atoms with Crippen LogP contribution in [0.1, 0.15) is 38.5 Å². The molecule has 1 N–H and O–H groups in total. The summed E-state index contributed by atoms with van der Waals surface area (Å²) in [5, 5.41) is 8.45. The molecule has 0 amide bonds. The van der Waals surface area contributed by atoms with Crippen molar-refractivity contribution in [1.29, 1.82) is 0 Å². The zero-order chi connectivity index (χ0) is 10.0. The van der Waals surface area contributed by atoms with E-state index in [1.165, 1.54) is 38.9 Å². The summed E-state index contributed by atoms with van der Waals surface area (Å²) in [5.74, 6) is -0.661. The van der Waals surface area contributed by atoms with Crippen LogP contribution in [-0.4, -0.2) is 35.6 Å². The van der Waals surface area contributed by atoms with Crippen molar-refractivity contribution in [3.8, 4) is 0 Å². The average Bonchev–Trinajstić information content (AvgIpc) is 2.81. The molecule has 80 valence electrons. The van der Waals surface area contributed by atoms with E-state index < -0.39 is 5.97 Å². The quantitative estimate of drug-likeness (QED) is 0.659. The van der Waals surface area contributed by atoms with E-state index in [0.717, 1.165) is 18.3 Å². The van der Waals surface area contributed by atoms with Crippen molar-refractivity contribution in [3.63, 3.8) is 0 Å². The molecule has 1 aliphatic heterocycles. The summed E-state index contributed by atoms with van der Waals surface area (Å²) in [4.78, 5) is 12.8. The zero-order valence-corrected chi connectivity index (χ0v) is 8.67. The molecule has 14 heavy (non-hydrogen) atoms. The van der Waals surface area contributed by atoms with Crippen LogP contribution in [0.2, 0.25) is 0 Å². The highest BCUT2D eigenvalue weighted by atomic mass is 16.4. The maximum absolute atomic E-state index is 10.2. The van der Waals surface area contributed by atoms with Gasteiger partial charge in [0.1, 0.15) is 0 Å². The smallest absolute Gasteiger partial charge is 0.303 e. The summed E-state index contributed by atoms with van der Waals surface area (Å²) in [5.41, 5.74) is 0.765. The predicted molar refractivity (Wildman–Crippen MR) is 54.2 cm³/mol. The minimum Gasteiger partial charge on any atom is -0.481 e. The van der Waals surface area contributed by atoms with E-state index in [1.54, 1.807) is 0 Å². The molecule has 0 aromatic carbocycles. The van der Waals surface area contributed by atoms with Crippen molar-refractivity contribution in [2.45, 2.75) is 38.5 Å². The molecule has 2 fully saturated rings. The first-order valence-corrected chi connectivity index (χ1v) is 5.64. The van der Waals surface area contributed by atoms with E-state index in [-0.39, 0.29) is 0 Å². The Morgan fingerprint density at radius 2 is 1.93 bits per heavy atom. The highest BCUT2D eigenvalue weighted by molar-refractivity contribution is 5.66. The number of carboxylic acid groups (broad SMARTS) is 1. The van der Waals surface area contributed by atoms with Crippen molar-refractivity contribution in [2.75, 3.05) is 19.6 Å². The van der Waals surface area contributed by atoms with E-state index >= 15 is 0 Å². The van der Waals surface area contributed by atoms with Gasteiger partial charge in [0.2, 0.25) is 0 Å². The van der Waals surface area contributed by atoms with Gasteiger partial charge < -0.3 is 10.0 Å². The van der Waals surface area contributed by atoms with E-state index in [2.05, 4.69) is 4.90 Å². The molecule has 1 saturated carbocycles. The summed E-state index contributed by atoms with van der Waals surface area (Å²) >= 11 is 0. The molecule has 3 heteroatoms. The number of carboxylic acids is 1. The first kappa shape index (κ1) is 9.97.